The number of rotatable bonds is 0. The first-order chi connectivity index (χ1) is 4.54. The molecule has 0 amide bonds. The Morgan fingerprint density at radius 1 is 1.50 bits per heavy atom. The molecule has 2 atom stereocenters. The summed E-state index contributed by atoms with van der Waals surface area (Å²) in [5.41, 5.74) is 2.16. The summed E-state index contributed by atoms with van der Waals surface area (Å²) in [6, 6.07) is 0. The van der Waals surface area contributed by atoms with Crippen molar-refractivity contribution in [1.29, 1.82) is 0 Å². The van der Waals surface area contributed by atoms with E-state index >= 15 is 0 Å². The van der Waals surface area contributed by atoms with E-state index in [4.69, 9.17) is 0 Å². The van der Waals surface area contributed by atoms with Crippen molar-refractivity contribution in [2.75, 3.05) is 0 Å². The van der Waals surface area contributed by atoms with Gasteiger partial charge in [0.25, 0.3) is 0 Å². The van der Waals surface area contributed by atoms with Crippen LogP contribution in [0.2, 0.25) is 4.09 Å². The Hall–Kier alpha value is 0.337. The van der Waals surface area contributed by atoms with Gasteiger partial charge >= 0.3 is 72.0 Å². The van der Waals surface area contributed by atoms with Crippen LogP contribution in [0.1, 0.15) is 32.6 Å². The Labute approximate surface area is 72.3 Å². The molecule has 0 aromatic heterocycles. The summed E-state index contributed by atoms with van der Waals surface area (Å²) in [5, 5.41) is 0. The Balaban J connectivity index is 2.36. The van der Waals surface area contributed by atoms with E-state index in [9.17, 15) is 0 Å². The van der Waals surface area contributed by atoms with E-state index in [2.05, 4.69) is 31.2 Å². The molecule has 0 aromatic carbocycles. The third-order valence-electron chi connectivity index (χ3n) is 3.59. The average Bonchev–Trinajstić information content (AvgIpc) is 2.17. The van der Waals surface area contributed by atoms with Crippen molar-refractivity contribution < 1.29 is 0 Å². The van der Waals surface area contributed by atoms with Crippen LogP contribution in [0.4, 0.5) is 0 Å². The van der Waals surface area contributed by atoms with Gasteiger partial charge in [0, 0.05) is 0 Å². The minimum atomic E-state index is 0.536. The van der Waals surface area contributed by atoms with Crippen molar-refractivity contribution in [2.45, 2.75) is 36.7 Å². The van der Waals surface area contributed by atoms with Crippen LogP contribution < -0.4 is 0 Å². The molecule has 50 valence electrons. The third-order valence-corrected chi connectivity index (χ3v) is 3.59. The maximum atomic E-state index is 4.15. The van der Waals surface area contributed by atoms with Crippen LogP contribution in [0.5, 0.6) is 0 Å². The number of fused-ring (bicyclic) bond motifs is 2. The Kier molecular flexibility index (Phi) is 1.22. The summed E-state index contributed by atoms with van der Waals surface area (Å²) in [7, 11) is 0. The summed E-state index contributed by atoms with van der Waals surface area (Å²) < 4.78 is 0.536. The van der Waals surface area contributed by atoms with Crippen LogP contribution in [0.25, 0.3) is 0 Å². The van der Waals surface area contributed by atoms with E-state index in [1.165, 1.54) is 31.3 Å². The zero-order valence-corrected chi connectivity index (χ0v) is 7.04. The molecule has 0 nitrogen and oxygen atoms in total. The first-order valence-electron chi connectivity index (χ1n) is 4.22. The Morgan fingerprint density at radius 2 is 2.20 bits per heavy atom. The Bertz CT molecular complexity index is 197. The summed E-state index contributed by atoms with van der Waals surface area (Å²) in [6.45, 7) is 6.57. The van der Waals surface area contributed by atoms with Gasteiger partial charge in [0.1, 0.15) is 0 Å². The van der Waals surface area contributed by atoms with Crippen LogP contribution in [0.3, 0.4) is 0 Å². The first-order valence-corrected chi connectivity index (χ1v) is 4.22. The second-order valence-corrected chi connectivity index (χ2v) is 4.83. The average molecular weight is 128 g/mol. The minimum absolute atomic E-state index is 0.536. The summed E-state index contributed by atoms with van der Waals surface area (Å²) in [5.74, 6) is 0. The zero-order chi connectivity index (χ0) is 7.41. The normalized spacial score (nSPS) is 52.5. The second kappa shape index (κ2) is 1.74. The van der Waals surface area contributed by atoms with E-state index in [0.29, 0.717) is 9.50 Å². The number of hydrogen-bond acceptors (Lipinski definition) is 0. The standard InChI is InChI=1S/C9H13.Li/c1-7-5-9(2)4-3-8(7)6-9;/h1,3-6H2,2H3;. The van der Waals surface area contributed by atoms with E-state index in [1.807, 2.05) is 0 Å². The van der Waals surface area contributed by atoms with Gasteiger partial charge in [-0.25, -0.2) is 0 Å². The predicted molar refractivity (Wildman–Crippen MR) is 44.2 cm³/mol. The molecule has 2 saturated carbocycles. The fraction of sp³-hybridized carbons (Fsp3) is 0.778. The molecule has 0 saturated heterocycles. The van der Waals surface area contributed by atoms with E-state index in [1.54, 1.807) is 0 Å². The molecule has 2 unspecified atom stereocenters. The molecule has 0 aliphatic heterocycles. The van der Waals surface area contributed by atoms with Crippen molar-refractivity contribution in [3.63, 3.8) is 0 Å². The van der Waals surface area contributed by atoms with Gasteiger partial charge in [-0.15, -0.1) is 0 Å². The van der Waals surface area contributed by atoms with Gasteiger partial charge in [-0.2, -0.15) is 0 Å². The monoisotopic (exact) mass is 128 g/mol. The molecule has 0 aromatic rings. The van der Waals surface area contributed by atoms with Gasteiger partial charge in [0.15, 0.2) is 0 Å². The Morgan fingerprint density at radius 3 is 2.40 bits per heavy atom. The number of allylic oxidation sites excluding steroid dienone is 1. The zero-order valence-electron chi connectivity index (χ0n) is 7.04. The topological polar surface area (TPSA) is 0 Å². The van der Waals surface area contributed by atoms with Crippen LogP contribution in [-0.4, -0.2) is 17.7 Å². The fourth-order valence-corrected chi connectivity index (χ4v) is 2.88. The molecule has 2 bridgehead atoms. The second-order valence-electron chi connectivity index (χ2n) is 4.83. The van der Waals surface area contributed by atoms with Gasteiger partial charge in [0.05, 0.1) is 0 Å². The van der Waals surface area contributed by atoms with Crippen molar-refractivity contribution in [3.8, 4) is 0 Å². The van der Waals surface area contributed by atoms with Gasteiger partial charge < -0.3 is 0 Å². The summed E-state index contributed by atoms with van der Waals surface area (Å²) in [4.78, 5) is 0. The van der Waals surface area contributed by atoms with Crippen LogP contribution in [-0.2, 0) is 0 Å². The third kappa shape index (κ3) is 0.758. The van der Waals surface area contributed by atoms with E-state index in [-0.39, 0.29) is 0 Å². The van der Waals surface area contributed by atoms with Crippen molar-refractivity contribution in [3.05, 3.63) is 12.2 Å². The summed E-state index contributed by atoms with van der Waals surface area (Å²) >= 11 is 2.38. The van der Waals surface area contributed by atoms with Crippen LogP contribution >= 0.6 is 0 Å². The molecule has 2 aliphatic carbocycles. The van der Waals surface area contributed by atoms with E-state index in [0.717, 1.165) is 0 Å². The van der Waals surface area contributed by atoms with Crippen LogP contribution in [0.15, 0.2) is 12.2 Å². The van der Waals surface area contributed by atoms with Gasteiger partial charge in [-0.3, -0.25) is 0 Å². The van der Waals surface area contributed by atoms with Crippen molar-refractivity contribution in [1.82, 2.24) is 0 Å². The molecule has 1 heteroatoms. The molecule has 2 rings (SSSR count). The van der Waals surface area contributed by atoms with Gasteiger partial charge in [0.2, 0.25) is 0 Å². The molecule has 2 aliphatic rings. The SMILES string of the molecule is [Li][C]12CCC(C)(CC1=C)C2. The van der Waals surface area contributed by atoms with Gasteiger partial charge in [-0.1, -0.05) is 0 Å². The molecule has 0 spiro atoms. The first kappa shape index (κ1) is 7.01. The molecule has 2 fully saturated rings. The predicted octanol–water partition coefficient (Wildman–Crippen LogP) is 2.46. The van der Waals surface area contributed by atoms with Crippen molar-refractivity contribution >= 4 is 17.7 Å². The quantitative estimate of drug-likeness (QED) is 0.347. The molecule has 0 heterocycles. The summed E-state index contributed by atoms with van der Waals surface area (Å²) in [6.07, 6.45) is 5.52. The van der Waals surface area contributed by atoms with Crippen molar-refractivity contribution in [2.24, 2.45) is 5.41 Å². The fourth-order valence-electron chi connectivity index (χ4n) is 2.88. The maximum absolute atomic E-state index is 4.15. The van der Waals surface area contributed by atoms with Crippen LogP contribution in [0, 0.1) is 5.41 Å². The molecule has 0 N–H and O–H groups in total. The van der Waals surface area contributed by atoms with E-state index < -0.39 is 0 Å². The molecular formula is C9H13Li. The molecular weight excluding hydrogens is 115 g/mol. The molecule has 0 radical (unpaired) electrons. The number of hydrogen-bond donors (Lipinski definition) is 0. The van der Waals surface area contributed by atoms with Gasteiger partial charge in [-0.05, 0) is 0 Å². The molecule has 10 heavy (non-hydrogen) atoms.